The van der Waals surface area contributed by atoms with Gasteiger partial charge in [0.2, 0.25) is 0 Å². The SMILES string of the molecule is CC(=O)OC1CN2CCN(C1)c1ccccc12. The number of carbonyl (C=O) groups excluding carboxylic acids is 1. The number of carbonyl (C=O) groups is 1. The summed E-state index contributed by atoms with van der Waals surface area (Å²) in [6.45, 7) is 5.09. The van der Waals surface area contributed by atoms with E-state index in [1.54, 1.807) is 0 Å². The monoisotopic (exact) mass is 232 g/mol. The third-order valence-electron chi connectivity index (χ3n) is 3.38. The van der Waals surface area contributed by atoms with Crippen LogP contribution in [0.15, 0.2) is 24.3 Å². The molecule has 4 heteroatoms. The molecule has 2 bridgehead atoms. The minimum atomic E-state index is -0.192. The van der Waals surface area contributed by atoms with Crippen LogP contribution in [0.2, 0.25) is 0 Å². The maximum absolute atomic E-state index is 11.1. The number of hydrogen-bond acceptors (Lipinski definition) is 4. The van der Waals surface area contributed by atoms with Gasteiger partial charge in [0, 0.05) is 20.0 Å². The van der Waals surface area contributed by atoms with E-state index in [9.17, 15) is 4.79 Å². The molecule has 3 heterocycles. The van der Waals surface area contributed by atoms with Crippen LogP contribution >= 0.6 is 0 Å². The van der Waals surface area contributed by atoms with Crippen LogP contribution in [0.4, 0.5) is 11.4 Å². The second-order valence-corrected chi connectivity index (χ2v) is 4.61. The van der Waals surface area contributed by atoms with Gasteiger partial charge in [0.1, 0.15) is 6.10 Å². The zero-order valence-corrected chi connectivity index (χ0v) is 9.93. The molecule has 0 unspecified atom stereocenters. The summed E-state index contributed by atoms with van der Waals surface area (Å²) in [5.74, 6) is -0.192. The molecule has 0 amide bonds. The first kappa shape index (κ1) is 10.4. The predicted octanol–water partition coefficient (Wildman–Crippen LogP) is 1.26. The van der Waals surface area contributed by atoms with Crippen LogP contribution in [0.25, 0.3) is 0 Å². The lowest BCUT2D eigenvalue weighted by atomic mass is 10.2. The fraction of sp³-hybridized carbons (Fsp3) is 0.462. The molecule has 0 radical (unpaired) electrons. The average molecular weight is 232 g/mol. The Bertz CT molecular complexity index is 414. The molecular weight excluding hydrogens is 216 g/mol. The summed E-state index contributed by atoms with van der Waals surface area (Å²) >= 11 is 0. The molecule has 1 aromatic carbocycles. The number of anilines is 2. The number of benzene rings is 1. The Morgan fingerprint density at radius 3 is 2.18 bits per heavy atom. The van der Waals surface area contributed by atoms with Gasteiger partial charge in [-0.05, 0) is 12.1 Å². The molecule has 1 aromatic rings. The summed E-state index contributed by atoms with van der Waals surface area (Å²) in [5.41, 5.74) is 2.52. The van der Waals surface area contributed by atoms with Gasteiger partial charge in [-0.3, -0.25) is 4.79 Å². The second kappa shape index (κ2) is 3.95. The summed E-state index contributed by atoms with van der Waals surface area (Å²) in [4.78, 5) is 15.7. The van der Waals surface area contributed by atoms with E-state index in [1.807, 2.05) is 0 Å². The van der Waals surface area contributed by atoms with E-state index in [2.05, 4.69) is 34.1 Å². The van der Waals surface area contributed by atoms with Crippen LogP contribution in [-0.4, -0.2) is 38.3 Å². The Kier molecular flexibility index (Phi) is 2.42. The van der Waals surface area contributed by atoms with Gasteiger partial charge in [0.05, 0.1) is 24.5 Å². The summed E-state index contributed by atoms with van der Waals surface area (Å²) in [5, 5.41) is 0. The number of hydrogen-bond donors (Lipinski definition) is 0. The maximum atomic E-state index is 11.1. The van der Waals surface area contributed by atoms with Crippen LogP contribution in [0.5, 0.6) is 0 Å². The maximum Gasteiger partial charge on any atom is 0.303 e. The lowest BCUT2D eigenvalue weighted by Gasteiger charge is -2.33. The number of rotatable bonds is 1. The molecule has 17 heavy (non-hydrogen) atoms. The van der Waals surface area contributed by atoms with Crippen LogP contribution < -0.4 is 9.80 Å². The van der Waals surface area contributed by atoms with Crippen molar-refractivity contribution in [2.24, 2.45) is 0 Å². The van der Waals surface area contributed by atoms with Gasteiger partial charge in [-0.2, -0.15) is 0 Å². The lowest BCUT2D eigenvalue weighted by Crippen LogP contribution is -2.36. The van der Waals surface area contributed by atoms with Crippen LogP contribution in [0.3, 0.4) is 0 Å². The topological polar surface area (TPSA) is 32.8 Å². The van der Waals surface area contributed by atoms with Gasteiger partial charge in [-0.1, -0.05) is 12.1 Å². The lowest BCUT2D eigenvalue weighted by molar-refractivity contribution is -0.145. The number of esters is 1. The van der Waals surface area contributed by atoms with Gasteiger partial charge in [0.15, 0.2) is 0 Å². The zero-order chi connectivity index (χ0) is 11.8. The second-order valence-electron chi connectivity index (χ2n) is 4.61. The third-order valence-corrected chi connectivity index (χ3v) is 3.38. The van der Waals surface area contributed by atoms with Gasteiger partial charge in [-0.25, -0.2) is 0 Å². The van der Waals surface area contributed by atoms with E-state index in [4.69, 9.17) is 4.74 Å². The van der Waals surface area contributed by atoms with Crippen LogP contribution in [-0.2, 0) is 9.53 Å². The molecule has 90 valence electrons. The molecule has 3 aliphatic rings. The Labute approximate surface area is 101 Å². The number of nitrogens with zero attached hydrogens (tertiary/aromatic N) is 2. The molecule has 0 aliphatic carbocycles. The fourth-order valence-electron chi connectivity index (χ4n) is 2.72. The van der Waals surface area contributed by atoms with Crippen molar-refractivity contribution >= 4 is 17.3 Å². The fourth-order valence-corrected chi connectivity index (χ4v) is 2.72. The van der Waals surface area contributed by atoms with E-state index < -0.39 is 0 Å². The average Bonchev–Trinajstić information content (AvgIpc) is 2.58. The highest BCUT2D eigenvalue weighted by Crippen LogP contribution is 2.35. The molecule has 1 fully saturated rings. The van der Waals surface area contributed by atoms with Gasteiger partial charge in [0.25, 0.3) is 0 Å². The van der Waals surface area contributed by atoms with E-state index in [-0.39, 0.29) is 12.1 Å². The standard InChI is InChI=1S/C13H16N2O2/c1-10(16)17-11-8-14-6-7-15(9-11)13-5-3-2-4-12(13)14/h2-5,11H,6-9H2,1H3. The number of para-hydroxylation sites is 2. The molecule has 4 rings (SSSR count). The van der Waals surface area contributed by atoms with Gasteiger partial charge in [-0.15, -0.1) is 0 Å². The highest BCUT2D eigenvalue weighted by atomic mass is 16.5. The molecule has 3 aliphatic heterocycles. The summed E-state index contributed by atoms with van der Waals surface area (Å²) in [6.07, 6.45) is -0.0256. The highest BCUT2D eigenvalue weighted by molar-refractivity contribution is 5.74. The van der Waals surface area contributed by atoms with Crippen molar-refractivity contribution in [1.29, 1.82) is 0 Å². The van der Waals surface area contributed by atoms with Gasteiger partial charge < -0.3 is 14.5 Å². The largest absolute Gasteiger partial charge is 0.459 e. The van der Waals surface area contributed by atoms with Crippen molar-refractivity contribution in [2.45, 2.75) is 13.0 Å². The predicted molar refractivity (Wildman–Crippen MR) is 66.4 cm³/mol. The van der Waals surface area contributed by atoms with Gasteiger partial charge >= 0.3 is 5.97 Å². The molecular formula is C13H16N2O2. The summed E-state index contributed by atoms with van der Waals surface area (Å²) in [6, 6.07) is 8.39. The quantitative estimate of drug-likeness (QED) is 0.682. The molecule has 0 spiro atoms. The first-order valence-electron chi connectivity index (χ1n) is 6.00. The molecule has 0 atom stereocenters. The van der Waals surface area contributed by atoms with Crippen LogP contribution in [0.1, 0.15) is 6.92 Å². The molecule has 1 saturated heterocycles. The first-order valence-corrected chi connectivity index (χ1v) is 6.00. The zero-order valence-electron chi connectivity index (χ0n) is 9.93. The third kappa shape index (κ3) is 1.84. The van der Waals surface area contributed by atoms with Crippen molar-refractivity contribution in [2.75, 3.05) is 36.0 Å². The van der Waals surface area contributed by atoms with Crippen molar-refractivity contribution in [1.82, 2.24) is 0 Å². The van der Waals surface area contributed by atoms with Crippen molar-refractivity contribution in [3.8, 4) is 0 Å². The Hall–Kier alpha value is -1.71. The van der Waals surface area contributed by atoms with E-state index >= 15 is 0 Å². The first-order chi connectivity index (χ1) is 8.24. The molecule has 0 N–H and O–H groups in total. The Morgan fingerprint density at radius 2 is 1.71 bits per heavy atom. The summed E-state index contributed by atoms with van der Waals surface area (Å²) < 4.78 is 5.36. The van der Waals surface area contributed by atoms with E-state index in [0.29, 0.717) is 0 Å². The normalized spacial score (nSPS) is 18.9. The Morgan fingerprint density at radius 1 is 1.18 bits per heavy atom. The van der Waals surface area contributed by atoms with E-state index in [0.717, 1.165) is 26.2 Å². The minimum Gasteiger partial charge on any atom is -0.459 e. The van der Waals surface area contributed by atoms with Crippen molar-refractivity contribution in [3.63, 3.8) is 0 Å². The van der Waals surface area contributed by atoms with Crippen LogP contribution in [0, 0.1) is 0 Å². The molecule has 4 nitrogen and oxygen atoms in total. The highest BCUT2D eigenvalue weighted by Gasteiger charge is 2.31. The Balaban J connectivity index is 1.91. The number of ether oxygens (including phenoxy) is 1. The summed E-state index contributed by atoms with van der Waals surface area (Å²) in [7, 11) is 0. The number of fused-ring (bicyclic) bond motifs is 3. The molecule has 0 saturated carbocycles. The van der Waals surface area contributed by atoms with Crippen molar-refractivity contribution in [3.05, 3.63) is 24.3 Å². The van der Waals surface area contributed by atoms with Crippen molar-refractivity contribution < 1.29 is 9.53 Å². The van der Waals surface area contributed by atoms with E-state index in [1.165, 1.54) is 18.3 Å². The minimum absolute atomic E-state index is 0.0256. The molecule has 0 aromatic heterocycles. The smallest absolute Gasteiger partial charge is 0.303 e.